The van der Waals surface area contributed by atoms with Crippen LogP contribution in [0, 0.1) is 0 Å². The van der Waals surface area contributed by atoms with E-state index >= 15 is 0 Å². The van der Waals surface area contributed by atoms with Gasteiger partial charge in [-0.15, -0.1) is 0 Å². The number of anilines is 1. The summed E-state index contributed by atoms with van der Waals surface area (Å²) >= 11 is 0. The van der Waals surface area contributed by atoms with Gasteiger partial charge in [-0.1, -0.05) is 6.07 Å². The highest BCUT2D eigenvalue weighted by molar-refractivity contribution is 7.89. The van der Waals surface area contributed by atoms with E-state index in [0.717, 1.165) is 4.31 Å². The SMILES string of the molecule is CN(C)S(=O)(=O)c1cccc(-n2cc(C(N)=O)cn2)c1N. The van der Waals surface area contributed by atoms with Gasteiger partial charge in [0.15, 0.2) is 0 Å². The number of nitrogen functional groups attached to an aromatic ring is 1. The molecule has 0 aliphatic rings. The zero-order valence-corrected chi connectivity index (χ0v) is 12.3. The summed E-state index contributed by atoms with van der Waals surface area (Å²) in [5, 5.41) is 3.96. The van der Waals surface area contributed by atoms with Gasteiger partial charge in [0, 0.05) is 20.3 Å². The molecule has 2 aromatic rings. The van der Waals surface area contributed by atoms with Crippen molar-refractivity contribution in [3.8, 4) is 5.69 Å². The minimum absolute atomic E-state index is 0.0267. The molecule has 1 amide bonds. The van der Waals surface area contributed by atoms with Crippen molar-refractivity contribution in [2.75, 3.05) is 19.8 Å². The first-order valence-corrected chi connectivity index (χ1v) is 7.35. The maximum atomic E-state index is 12.2. The van der Waals surface area contributed by atoms with Crippen molar-refractivity contribution in [2.24, 2.45) is 5.73 Å². The monoisotopic (exact) mass is 309 g/mol. The number of para-hydroxylation sites is 1. The van der Waals surface area contributed by atoms with E-state index in [1.54, 1.807) is 12.1 Å². The fraction of sp³-hybridized carbons (Fsp3) is 0.167. The van der Waals surface area contributed by atoms with E-state index in [1.165, 1.54) is 37.2 Å². The van der Waals surface area contributed by atoms with Gasteiger partial charge < -0.3 is 11.5 Å². The molecule has 0 aliphatic carbocycles. The van der Waals surface area contributed by atoms with Crippen LogP contribution in [-0.2, 0) is 10.0 Å². The summed E-state index contributed by atoms with van der Waals surface area (Å²) in [6.07, 6.45) is 2.68. The zero-order chi connectivity index (χ0) is 15.8. The van der Waals surface area contributed by atoms with Gasteiger partial charge in [-0.05, 0) is 12.1 Å². The van der Waals surface area contributed by atoms with Crippen LogP contribution < -0.4 is 11.5 Å². The van der Waals surface area contributed by atoms with E-state index in [2.05, 4.69) is 5.10 Å². The summed E-state index contributed by atoms with van der Waals surface area (Å²) in [5.41, 5.74) is 11.7. The minimum Gasteiger partial charge on any atom is -0.396 e. The lowest BCUT2D eigenvalue weighted by Crippen LogP contribution is -2.23. The number of carbonyl (C=O) groups excluding carboxylic acids is 1. The highest BCUT2D eigenvalue weighted by Crippen LogP contribution is 2.26. The van der Waals surface area contributed by atoms with Crippen molar-refractivity contribution < 1.29 is 13.2 Å². The van der Waals surface area contributed by atoms with Gasteiger partial charge in [0.25, 0.3) is 5.91 Å². The van der Waals surface area contributed by atoms with Crippen LogP contribution in [0.5, 0.6) is 0 Å². The number of nitrogens with zero attached hydrogens (tertiary/aromatic N) is 3. The molecule has 2 rings (SSSR count). The van der Waals surface area contributed by atoms with Crippen LogP contribution in [0.3, 0.4) is 0 Å². The Balaban J connectivity index is 2.59. The van der Waals surface area contributed by atoms with Crippen molar-refractivity contribution in [3.63, 3.8) is 0 Å². The zero-order valence-electron chi connectivity index (χ0n) is 11.5. The Morgan fingerprint density at radius 3 is 2.52 bits per heavy atom. The molecule has 0 unspecified atom stereocenters. The number of amides is 1. The van der Waals surface area contributed by atoms with Crippen LogP contribution in [0.1, 0.15) is 10.4 Å². The standard InChI is InChI=1S/C12H15N5O3S/c1-16(2)21(19,20)10-5-3-4-9(11(10)13)17-7-8(6-15-17)12(14)18/h3-7H,13H2,1-2H3,(H2,14,18). The number of hydrogen-bond donors (Lipinski definition) is 2. The molecular weight excluding hydrogens is 294 g/mol. The molecule has 21 heavy (non-hydrogen) atoms. The molecule has 112 valence electrons. The molecule has 0 saturated heterocycles. The lowest BCUT2D eigenvalue weighted by molar-refractivity contribution is 0.100. The molecule has 1 aromatic carbocycles. The Kier molecular flexibility index (Phi) is 3.71. The second kappa shape index (κ2) is 5.19. The topological polar surface area (TPSA) is 124 Å². The van der Waals surface area contributed by atoms with E-state index in [9.17, 15) is 13.2 Å². The van der Waals surface area contributed by atoms with Crippen molar-refractivity contribution in [2.45, 2.75) is 4.90 Å². The normalized spacial score (nSPS) is 11.8. The molecule has 0 bridgehead atoms. The lowest BCUT2D eigenvalue weighted by atomic mass is 10.2. The highest BCUT2D eigenvalue weighted by atomic mass is 32.2. The van der Waals surface area contributed by atoms with Gasteiger partial charge in [-0.3, -0.25) is 4.79 Å². The molecule has 1 aromatic heterocycles. The molecule has 0 atom stereocenters. The first-order valence-electron chi connectivity index (χ1n) is 5.91. The molecule has 8 nitrogen and oxygen atoms in total. The van der Waals surface area contributed by atoms with Crippen molar-refractivity contribution in [3.05, 3.63) is 36.2 Å². The number of rotatable bonds is 4. The maximum absolute atomic E-state index is 12.2. The van der Waals surface area contributed by atoms with Crippen molar-refractivity contribution >= 4 is 21.6 Å². The number of primary amides is 1. The van der Waals surface area contributed by atoms with E-state index in [4.69, 9.17) is 11.5 Å². The van der Waals surface area contributed by atoms with Crippen LogP contribution in [0.25, 0.3) is 5.69 Å². The third-order valence-corrected chi connectivity index (χ3v) is 4.79. The summed E-state index contributed by atoms with van der Waals surface area (Å²) in [4.78, 5) is 11.1. The van der Waals surface area contributed by atoms with Gasteiger partial charge >= 0.3 is 0 Å². The molecule has 0 spiro atoms. The van der Waals surface area contributed by atoms with E-state index in [1.807, 2.05) is 0 Å². The van der Waals surface area contributed by atoms with Crippen LogP contribution >= 0.6 is 0 Å². The van der Waals surface area contributed by atoms with Crippen molar-refractivity contribution in [1.29, 1.82) is 0 Å². The Morgan fingerprint density at radius 2 is 2.00 bits per heavy atom. The fourth-order valence-electron chi connectivity index (χ4n) is 1.74. The number of nitrogens with two attached hydrogens (primary N) is 2. The molecule has 0 fully saturated rings. The van der Waals surface area contributed by atoms with E-state index in [0.29, 0.717) is 5.69 Å². The first-order chi connectivity index (χ1) is 9.75. The average molecular weight is 309 g/mol. The van der Waals surface area contributed by atoms with Crippen LogP contribution in [-0.4, -0.2) is 42.5 Å². The van der Waals surface area contributed by atoms with E-state index < -0.39 is 15.9 Å². The van der Waals surface area contributed by atoms with Gasteiger partial charge in [0.1, 0.15) is 4.90 Å². The quantitative estimate of drug-likeness (QED) is 0.757. The number of carbonyl (C=O) groups is 1. The van der Waals surface area contributed by atoms with Gasteiger partial charge in [0.05, 0.1) is 23.1 Å². The molecule has 4 N–H and O–H groups in total. The summed E-state index contributed by atoms with van der Waals surface area (Å²) in [6, 6.07) is 4.56. The Morgan fingerprint density at radius 1 is 1.33 bits per heavy atom. The summed E-state index contributed by atoms with van der Waals surface area (Å²) in [6.45, 7) is 0. The number of sulfonamides is 1. The Hall–Kier alpha value is -2.39. The third kappa shape index (κ3) is 2.60. The average Bonchev–Trinajstić information content (AvgIpc) is 2.88. The Bertz CT molecular complexity index is 795. The first kappa shape index (κ1) is 15.0. The lowest BCUT2D eigenvalue weighted by Gasteiger charge is -2.15. The molecule has 0 aliphatic heterocycles. The molecule has 9 heteroatoms. The van der Waals surface area contributed by atoms with Gasteiger partial charge in [-0.2, -0.15) is 5.10 Å². The van der Waals surface area contributed by atoms with Crippen LogP contribution in [0.4, 0.5) is 5.69 Å². The molecule has 1 heterocycles. The maximum Gasteiger partial charge on any atom is 0.251 e. The van der Waals surface area contributed by atoms with Gasteiger partial charge in [0.2, 0.25) is 10.0 Å². The molecule has 0 saturated carbocycles. The molecular formula is C12H15N5O3S. The predicted molar refractivity (Wildman–Crippen MR) is 77.4 cm³/mol. The third-order valence-electron chi connectivity index (χ3n) is 2.92. The summed E-state index contributed by atoms with van der Waals surface area (Å²) in [5.74, 6) is -0.628. The van der Waals surface area contributed by atoms with E-state index in [-0.39, 0.29) is 16.1 Å². The van der Waals surface area contributed by atoms with Crippen molar-refractivity contribution in [1.82, 2.24) is 14.1 Å². The molecule has 0 radical (unpaired) electrons. The second-order valence-corrected chi connectivity index (χ2v) is 6.63. The summed E-state index contributed by atoms with van der Waals surface area (Å²) < 4.78 is 26.8. The highest BCUT2D eigenvalue weighted by Gasteiger charge is 2.22. The number of aromatic nitrogens is 2. The van der Waals surface area contributed by atoms with Crippen LogP contribution in [0.2, 0.25) is 0 Å². The van der Waals surface area contributed by atoms with Crippen LogP contribution in [0.15, 0.2) is 35.5 Å². The second-order valence-electron chi connectivity index (χ2n) is 4.51. The number of hydrogen-bond acceptors (Lipinski definition) is 5. The summed E-state index contributed by atoms with van der Waals surface area (Å²) in [7, 11) is -0.838. The van der Waals surface area contributed by atoms with Gasteiger partial charge in [-0.25, -0.2) is 17.4 Å². The minimum atomic E-state index is -3.67. The predicted octanol–water partition coefficient (Wildman–Crippen LogP) is -0.196. The Labute approximate surface area is 122 Å². The number of benzene rings is 1. The largest absolute Gasteiger partial charge is 0.396 e. The smallest absolute Gasteiger partial charge is 0.251 e. The fourth-order valence-corrected chi connectivity index (χ4v) is 2.76.